The highest BCUT2D eigenvalue weighted by Crippen LogP contribution is 2.38. The van der Waals surface area contributed by atoms with E-state index in [4.69, 9.17) is 15.7 Å². The molecule has 1 unspecified atom stereocenters. The number of nitrogens with zero attached hydrogens (tertiary/aromatic N) is 3. The number of fused-ring (bicyclic) bond motifs is 1. The van der Waals surface area contributed by atoms with E-state index in [1.807, 2.05) is 54.9 Å². The first-order valence-electron chi connectivity index (χ1n) is 12.0. The van der Waals surface area contributed by atoms with Crippen LogP contribution in [0.15, 0.2) is 70.4 Å². The molecule has 1 saturated heterocycles. The molecular formula is C27H29BrN6OS. The number of nitrogens with one attached hydrogen (secondary N) is 2. The molecule has 1 atom stereocenters. The minimum absolute atomic E-state index is 0.382. The lowest BCUT2D eigenvalue weighted by Crippen LogP contribution is -2.51. The molecule has 2 aromatic carbocycles. The molecule has 9 heteroatoms. The number of benzene rings is 2. The number of hydrogen-bond donors (Lipinski definition) is 3. The number of hydrogen-bond acceptors (Lipinski definition) is 6. The molecule has 7 nitrogen and oxygen atoms in total. The number of carbonyl (C=O) groups excluding carboxylic acids is 1. The number of amides is 1. The molecule has 36 heavy (non-hydrogen) atoms. The van der Waals surface area contributed by atoms with Crippen LogP contribution in [0.2, 0.25) is 0 Å². The van der Waals surface area contributed by atoms with E-state index in [0.29, 0.717) is 23.4 Å². The van der Waals surface area contributed by atoms with Crippen molar-refractivity contribution in [3.63, 3.8) is 0 Å². The second-order valence-electron chi connectivity index (χ2n) is 9.12. The normalized spacial score (nSPS) is 15.4. The lowest BCUT2D eigenvalue weighted by Gasteiger charge is -2.36. The second-order valence-corrected chi connectivity index (χ2v) is 11.0. The minimum atomic E-state index is -1.10. The predicted octanol–water partition coefficient (Wildman–Crippen LogP) is 4.77. The first-order valence-corrected chi connectivity index (χ1v) is 13.8. The fourth-order valence-electron chi connectivity index (χ4n) is 4.71. The van der Waals surface area contributed by atoms with Crippen LogP contribution in [-0.4, -0.2) is 39.6 Å². The van der Waals surface area contributed by atoms with Crippen LogP contribution in [0.25, 0.3) is 11.5 Å². The van der Waals surface area contributed by atoms with Gasteiger partial charge in [-0.3, -0.25) is 4.79 Å². The van der Waals surface area contributed by atoms with E-state index in [1.54, 1.807) is 11.8 Å². The first kappa shape index (κ1) is 24.8. The Labute approximate surface area is 223 Å². The van der Waals surface area contributed by atoms with Crippen molar-refractivity contribution in [2.75, 3.05) is 18.4 Å². The fraction of sp³-hybridized carbons (Fsp3) is 0.296. The smallest absolute Gasteiger partial charge is 0.248 e. The lowest BCUT2D eigenvalue weighted by atomic mass is 9.82. The van der Waals surface area contributed by atoms with E-state index < -0.39 is 11.4 Å². The third-order valence-electron chi connectivity index (χ3n) is 6.81. The van der Waals surface area contributed by atoms with E-state index in [9.17, 15) is 4.79 Å². The minimum Gasteiger partial charge on any atom is -0.380 e. The fourth-order valence-corrected chi connectivity index (χ4v) is 5.77. The zero-order valence-electron chi connectivity index (χ0n) is 20.3. The van der Waals surface area contributed by atoms with Crippen molar-refractivity contribution in [1.82, 2.24) is 19.9 Å². The molecule has 1 amide bonds. The quantitative estimate of drug-likeness (QED) is 0.253. The Morgan fingerprint density at radius 2 is 2.00 bits per heavy atom. The van der Waals surface area contributed by atoms with Crippen molar-refractivity contribution in [2.45, 2.75) is 42.8 Å². The number of halogens is 1. The van der Waals surface area contributed by atoms with Gasteiger partial charge < -0.3 is 20.9 Å². The van der Waals surface area contributed by atoms with Crippen LogP contribution in [0.4, 0.5) is 5.69 Å². The van der Waals surface area contributed by atoms with E-state index in [0.717, 1.165) is 45.8 Å². The zero-order chi connectivity index (χ0) is 25.3. The third kappa shape index (κ3) is 4.63. The summed E-state index contributed by atoms with van der Waals surface area (Å²) in [4.78, 5) is 22.9. The summed E-state index contributed by atoms with van der Waals surface area (Å²) in [5.41, 5.74) is 9.88. The molecule has 0 saturated carbocycles. The van der Waals surface area contributed by atoms with Gasteiger partial charge in [-0.2, -0.15) is 0 Å². The molecule has 1 fully saturated rings. The van der Waals surface area contributed by atoms with Gasteiger partial charge in [0.2, 0.25) is 5.91 Å². The Bertz CT molecular complexity index is 1350. The second kappa shape index (κ2) is 10.2. The number of aromatic nitrogens is 3. The molecule has 0 radical (unpaired) electrons. The number of rotatable bonds is 9. The van der Waals surface area contributed by atoms with Crippen molar-refractivity contribution < 1.29 is 4.79 Å². The molecule has 2 aromatic rings. The number of anilines is 1. The molecule has 186 valence electrons. The van der Waals surface area contributed by atoms with Gasteiger partial charge in [0.1, 0.15) is 11.2 Å². The Hall–Kier alpha value is -2.88. The van der Waals surface area contributed by atoms with Gasteiger partial charge in [0.15, 0.2) is 11.0 Å². The average molecular weight is 566 g/mol. The van der Waals surface area contributed by atoms with E-state index in [2.05, 4.69) is 50.8 Å². The molecule has 0 aromatic heterocycles. The van der Waals surface area contributed by atoms with Gasteiger partial charge in [0.25, 0.3) is 0 Å². The summed E-state index contributed by atoms with van der Waals surface area (Å²) >= 11 is 5.05. The van der Waals surface area contributed by atoms with Gasteiger partial charge in [0, 0.05) is 35.2 Å². The van der Waals surface area contributed by atoms with Crippen LogP contribution in [0.1, 0.15) is 30.0 Å². The Balaban J connectivity index is 1.54. The molecule has 0 spiro atoms. The summed E-state index contributed by atoms with van der Waals surface area (Å²) in [6.45, 7) is 5.87. The summed E-state index contributed by atoms with van der Waals surface area (Å²) in [5, 5.41) is 7.50. The number of pyridine rings is 1. The van der Waals surface area contributed by atoms with Crippen LogP contribution in [0.5, 0.6) is 0 Å². The molecule has 0 bridgehead atoms. The van der Waals surface area contributed by atoms with Gasteiger partial charge in [-0.05, 0) is 66.4 Å². The lowest BCUT2D eigenvalue weighted by molar-refractivity contribution is -0.124. The standard InChI is InChI=1S/C27H29BrN6OS/c1-3-27(25(29)35,22-13-20(11-6-17(22)2)31-21-14-30-15-21)34-12-4-5-23-24(34)33-26(32-23)36-16-18-7-9-19(28)10-8-18/h4-13,21,30-31H,3,14-16H2,1-2H3,(H2,29,35). The van der Waals surface area contributed by atoms with Crippen molar-refractivity contribution in [2.24, 2.45) is 5.73 Å². The largest absolute Gasteiger partial charge is 0.380 e. The predicted molar refractivity (Wildman–Crippen MR) is 148 cm³/mol. The monoisotopic (exact) mass is 564 g/mol. The van der Waals surface area contributed by atoms with Crippen molar-refractivity contribution in [3.8, 4) is 11.5 Å². The maximum Gasteiger partial charge on any atom is 0.248 e. The molecule has 3 aliphatic rings. The van der Waals surface area contributed by atoms with Gasteiger partial charge in [-0.25, -0.2) is 9.97 Å². The number of primary amides is 1. The topological polar surface area (TPSA) is 97.9 Å². The van der Waals surface area contributed by atoms with Gasteiger partial charge >= 0.3 is 0 Å². The van der Waals surface area contributed by atoms with Crippen LogP contribution in [0.3, 0.4) is 0 Å². The van der Waals surface area contributed by atoms with Crippen LogP contribution in [0, 0.1) is 6.92 Å². The summed E-state index contributed by atoms with van der Waals surface area (Å²) in [7, 11) is 0. The highest BCUT2D eigenvalue weighted by atomic mass is 79.9. The number of carbonyl (C=O) groups is 1. The van der Waals surface area contributed by atoms with E-state index >= 15 is 0 Å². The molecular weight excluding hydrogens is 536 g/mol. The van der Waals surface area contributed by atoms with E-state index in [-0.39, 0.29) is 0 Å². The first-order chi connectivity index (χ1) is 17.4. The summed E-state index contributed by atoms with van der Waals surface area (Å²) < 4.78 is 2.96. The van der Waals surface area contributed by atoms with E-state index in [1.165, 1.54) is 5.56 Å². The third-order valence-corrected chi connectivity index (χ3v) is 8.26. The molecule has 3 heterocycles. The molecule has 0 aliphatic carbocycles. The Morgan fingerprint density at radius 3 is 2.67 bits per heavy atom. The molecule has 5 rings (SSSR count). The van der Waals surface area contributed by atoms with Gasteiger partial charge in [-0.1, -0.05) is 52.8 Å². The van der Waals surface area contributed by atoms with Crippen LogP contribution in [-0.2, 0) is 16.1 Å². The number of nitrogens with two attached hydrogens (primary N) is 1. The highest BCUT2D eigenvalue weighted by molar-refractivity contribution is 9.10. The Morgan fingerprint density at radius 1 is 1.22 bits per heavy atom. The number of thioether (sulfide) groups is 1. The number of imidazole rings is 1. The number of aryl methyl sites for hydroxylation is 1. The van der Waals surface area contributed by atoms with Crippen molar-refractivity contribution in [3.05, 3.63) is 82.0 Å². The summed E-state index contributed by atoms with van der Waals surface area (Å²) in [6, 6.07) is 18.6. The van der Waals surface area contributed by atoms with Crippen molar-refractivity contribution >= 4 is 39.3 Å². The molecule has 4 N–H and O–H groups in total. The highest BCUT2D eigenvalue weighted by Gasteiger charge is 2.42. The summed E-state index contributed by atoms with van der Waals surface area (Å²) in [6.07, 6.45) is 2.37. The van der Waals surface area contributed by atoms with Crippen LogP contribution < -0.4 is 16.4 Å². The summed E-state index contributed by atoms with van der Waals surface area (Å²) in [5.74, 6) is 0.985. The van der Waals surface area contributed by atoms with Gasteiger partial charge in [-0.15, -0.1) is 0 Å². The maximum absolute atomic E-state index is 13.3. The maximum atomic E-state index is 13.3. The van der Waals surface area contributed by atoms with Crippen LogP contribution >= 0.6 is 27.7 Å². The Kier molecular flexibility index (Phi) is 7.05. The SMILES string of the molecule is CCC(C(N)=O)(c1cc(NC2CNC2)ccc1C)n1cccc2nc(SCc3ccc(Br)cc3)nc1-2. The zero-order valence-corrected chi connectivity index (χ0v) is 22.7. The van der Waals surface area contributed by atoms with Gasteiger partial charge in [0.05, 0.1) is 6.04 Å². The van der Waals surface area contributed by atoms with Crippen molar-refractivity contribution in [1.29, 1.82) is 0 Å². The molecule has 3 aliphatic heterocycles. The average Bonchev–Trinajstić information content (AvgIpc) is 3.27.